The Kier molecular flexibility index (Phi) is 20.6. The number of carbonyl (C=O) groups is 4. The molecule has 12 nitrogen and oxygen atoms in total. The summed E-state index contributed by atoms with van der Waals surface area (Å²) in [5.74, 6) is -1.67. The lowest BCUT2D eigenvalue weighted by atomic mass is 10.3. The van der Waals surface area contributed by atoms with Crippen LogP contribution in [-0.4, -0.2) is 99.7 Å². The van der Waals surface area contributed by atoms with Crippen molar-refractivity contribution in [1.82, 2.24) is 10.4 Å². The molecule has 0 aromatic rings. The summed E-state index contributed by atoms with van der Waals surface area (Å²) in [6.07, 6.45) is 6.62. The maximum absolute atomic E-state index is 11.5. The fraction of sp³-hybridized carbons (Fsp3) is 0.708. The van der Waals surface area contributed by atoms with Gasteiger partial charge in [0.15, 0.2) is 0 Å². The second kappa shape index (κ2) is 23.0. The Morgan fingerprint density at radius 3 is 2.03 bits per heavy atom. The quantitative estimate of drug-likeness (QED) is 0.107. The van der Waals surface area contributed by atoms with Gasteiger partial charge in [-0.1, -0.05) is 13.0 Å². The van der Waals surface area contributed by atoms with Crippen LogP contribution in [0.3, 0.4) is 0 Å². The molecule has 2 aliphatic rings. The van der Waals surface area contributed by atoms with Crippen molar-refractivity contribution in [3.05, 3.63) is 12.2 Å². The van der Waals surface area contributed by atoms with Crippen molar-refractivity contribution < 1.29 is 43.0 Å². The van der Waals surface area contributed by atoms with E-state index in [1.54, 1.807) is 0 Å². The first-order chi connectivity index (χ1) is 18.5. The molecule has 2 heterocycles. The molecule has 0 bridgehead atoms. The van der Waals surface area contributed by atoms with Crippen molar-refractivity contribution >= 4 is 51.2 Å². The van der Waals surface area contributed by atoms with Gasteiger partial charge in [0.05, 0.1) is 59.3 Å². The molecule has 0 spiro atoms. The first-order valence-corrected chi connectivity index (χ1v) is 14.5. The number of hydroxylamine groups is 2. The summed E-state index contributed by atoms with van der Waals surface area (Å²) < 4.78 is 21.2. The van der Waals surface area contributed by atoms with Crippen molar-refractivity contribution in [1.29, 1.82) is 0 Å². The van der Waals surface area contributed by atoms with Gasteiger partial charge in [-0.05, 0) is 29.7 Å². The van der Waals surface area contributed by atoms with Crippen LogP contribution in [-0.2, 0) is 43.0 Å². The van der Waals surface area contributed by atoms with Crippen molar-refractivity contribution in [2.45, 2.75) is 45.4 Å². The number of hydrogen-bond donors (Lipinski definition) is 2. The Hall–Kier alpha value is -1.97. The van der Waals surface area contributed by atoms with Crippen molar-refractivity contribution in [2.24, 2.45) is 4.99 Å². The highest BCUT2D eigenvalue weighted by Gasteiger charge is 2.32. The van der Waals surface area contributed by atoms with Crippen molar-refractivity contribution in [3.8, 4) is 0 Å². The molecule has 3 amide bonds. The van der Waals surface area contributed by atoms with Crippen LogP contribution >= 0.6 is 22.5 Å². The molecule has 0 aromatic carbocycles. The van der Waals surface area contributed by atoms with Gasteiger partial charge in [-0.3, -0.25) is 19.4 Å². The lowest BCUT2D eigenvalue weighted by molar-refractivity contribution is -0.198. The van der Waals surface area contributed by atoms with Crippen molar-refractivity contribution in [2.75, 3.05) is 65.9 Å². The van der Waals surface area contributed by atoms with Crippen LogP contribution in [0.5, 0.6) is 0 Å². The summed E-state index contributed by atoms with van der Waals surface area (Å²) in [4.78, 5) is 54.3. The molecule has 0 aliphatic carbocycles. The van der Waals surface area contributed by atoms with Crippen LogP contribution in [0.25, 0.3) is 0 Å². The van der Waals surface area contributed by atoms with Gasteiger partial charge >= 0.3 is 5.97 Å². The molecule has 0 unspecified atom stereocenters. The van der Waals surface area contributed by atoms with Crippen molar-refractivity contribution in [3.63, 3.8) is 0 Å². The van der Waals surface area contributed by atoms with Gasteiger partial charge in [0.2, 0.25) is 5.91 Å². The molecule has 2 rings (SSSR count). The van der Waals surface area contributed by atoms with Crippen LogP contribution in [0, 0.1) is 0 Å². The minimum Gasteiger partial charge on any atom is -0.378 e. The van der Waals surface area contributed by atoms with Gasteiger partial charge in [-0.2, -0.15) is 0 Å². The van der Waals surface area contributed by atoms with E-state index in [2.05, 4.69) is 28.0 Å². The van der Waals surface area contributed by atoms with Gasteiger partial charge < -0.3 is 29.1 Å². The minimum atomic E-state index is -0.696. The number of dihydropyridines is 1. The maximum atomic E-state index is 11.5. The van der Waals surface area contributed by atoms with Crippen LogP contribution in [0.15, 0.2) is 17.1 Å². The lowest BCUT2D eigenvalue weighted by Gasteiger charge is -2.12. The molecule has 0 radical (unpaired) electrons. The van der Waals surface area contributed by atoms with E-state index in [0.717, 1.165) is 24.4 Å². The van der Waals surface area contributed by atoms with E-state index in [-0.39, 0.29) is 31.8 Å². The highest BCUT2D eigenvalue weighted by atomic mass is 33.1. The SMILES string of the molecule is CCCC(=O)NCCOCCOCCOCCOCCC(=O)ON1C(=O)CCC1=O.SSC1=NCCC=C1. The number of thiol groups is 1. The van der Waals surface area contributed by atoms with E-state index in [4.69, 9.17) is 23.8 Å². The van der Waals surface area contributed by atoms with E-state index in [1.807, 2.05) is 13.0 Å². The summed E-state index contributed by atoms with van der Waals surface area (Å²) in [7, 11) is 1.40. The molecule has 2 aliphatic heterocycles. The second-order valence-corrected chi connectivity index (χ2v) is 9.00. The fourth-order valence-corrected chi connectivity index (χ4v) is 3.51. The van der Waals surface area contributed by atoms with Gasteiger partial charge in [-0.15, -0.1) is 16.7 Å². The highest BCUT2D eigenvalue weighted by Crippen LogP contribution is 2.13. The zero-order valence-electron chi connectivity index (χ0n) is 21.9. The number of ether oxygens (including phenoxy) is 4. The third kappa shape index (κ3) is 17.5. The number of amides is 3. The minimum absolute atomic E-state index is 0.0356. The Labute approximate surface area is 232 Å². The molecule has 14 heteroatoms. The maximum Gasteiger partial charge on any atom is 0.335 e. The second-order valence-electron chi connectivity index (χ2n) is 7.85. The zero-order valence-corrected chi connectivity index (χ0v) is 23.6. The average molecular weight is 578 g/mol. The summed E-state index contributed by atoms with van der Waals surface area (Å²) in [5, 5.41) is 4.30. The fourth-order valence-electron chi connectivity index (χ4n) is 2.85. The third-order valence-corrected chi connectivity index (χ3v) is 5.74. The topological polar surface area (TPSA) is 142 Å². The van der Waals surface area contributed by atoms with Gasteiger partial charge in [-0.25, -0.2) is 4.79 Å². The Morgan fingerprint density at radius 1 is 0.947 bits per heavy atom. The monoisotopic (exact) mass is 577 g/mol. The van der Waals surface area contributed by atoms with Crippen LogP contribution in [0.4, 0.5) is 0 Å². The standard InChI is InChI=1S/C19H32N2O9.C5H7NS2/c1-2-3-16(22)20-7-9-27-11-13-29-15-14-28-12-10-26-8-6-19(25)30-21-17(23)4-5-18(21)24;7-8-5-3-1-2-4-6-5/h2-15H2,1H3,(H,20,22);1,3,7H,2,4H2. The molecular weight excluding hydrogens is 538 g/mol. The Balaban J connectivity index is 0.000000763. The number of rotatable bonds is 18. The predicted molar refractivity (Wildman–Crippen MR) is 146 cm³/mol. The van der Waals surface area contributed by atoms with Crippen LogP contribution < -0.4 is 5.32 Å². The summed E-state index contributed by atoms with van der Waals surface area (Å²) in [5.41, 5.74) is 0. The molecule has 1 fully saturated rings. The number of nitrogens with one attached hydrogen (secondary N) is 1. The number of hydrogen-bond acceptors (Lipinski definition) is 12. The highest BCUT2D eigenvalue weighted by molar-refractivity contribution is 8.75. The molecule has 0 atom stereocenters. The van der Waals surface area contributed by atoms with Gasteiger partial charge in [0.1, 0.15) is 5.04 Å². The predicted octanol–water partition coefficient (Wildman–Crippen LogP) is 1.89. The molecule has 38 heavy (non-hydrogen) atoms. The molecule has 1 saturated heterocycles. The first-order valence-electron chi connectivity index (χ1n) is 12.6. The molecule has 0 aromatic heterocycles. The Bertz CT molecular complexity index is 765. The molecular formula is C24H39N3O9S2. The Morgan fingerprint density at radius 2 is 1.53 bits per heavy atom. The third-order valence-electron chi connectivity index (χ3n) is 4.73. The van der Waals surface area contributed by atoms with E-state index in [0.29, 0.717) is 64.3 Å². The van der Waals surface area contributed by atoms with Crippen LogP contribution in [0.1, 0.15) is 45.4 Å². The summed E-state index contributed by atoms with van der Waals surface area (Å²) in [6, 6.07) is 0. The zero-order chi connectivity index (χ0) is 27.8. The molecule has 216 valence electrons. The number of carbonyl (C=O) groups excluding carboxylic acids is 4. The van der Waals surface area contributed by atoms with E-state index < -0.39 is 17.8 Å². The van der Waals surface area contributed by atoms with E-state index in [9.17, 15) is 19.2 Å². The molecule has 1 N–H and O–H groups in total. The number of nitrogens with zero attached hydrogens (tertiary/aromatic N) is 2. The summed E-state index contributed by atoms with van der Waals surface area (Å²) >= 11 is 4.00. The smallest absolute Gasteiger partial charge is 0.335 e. The number of aliphatic imine (C=N–C) groups is 1. The van der Waals surface area contributed by atoms with Crippen LogP contribution in [0.2, 0.25) is 0 Å². The normalized spacial score (nSPS) is 14.7. The number of imide groups is 1. The van der Waals surface area contributed by atoms with E-state index >= 15 is 0 Å². The summed E-state index contributed by atoms with van der Waals surface area (Å²) in [6.45, 7) is 6.26. The average Bonchev–Trinajstić information content (AvgIpc) is 3.24. The van der Waals surface area contributed by atoms with Gasteiger partial charge in [0.25, 0.3) is 11.8 Å². The molecule has 0 saturated carbocycles. The largest absolute Gasteiger partial charge is 0.378 e. The van der Waals surface area contributed by atoms with E-state index in [1.165, 1.54) is 10.8 Å². The lowest BCUT2D eigenvalue weighted by Crippen LogP contribution is -2.32. The first kappa shape index (κ1) is 34.1. The van der Waals surface area contributed by atoms with Gasteiger partial charge in [0, 0.05) is 32.4 Å².